The van der Waals surface area contributed by atoms with Gasteiger partial charge in [0.05, 0.1) is 0 Å². The predicted octanol–water partition coefficient (Wildman–Crippen LogP) is 4.38. The Kier molecular flexibility index (Phi) is 4.96. The molecule has 1 rings (SSSR count). The van der Waals surface area contributed by atoms with Gasteiger partial charge in [-0.25, -0.2) is 4.79 Å². The molecule has 0 unspecified atom stereocenters. The number of halogens is 1. The molecule has 0 spiro atoms. The highest BCUT2D eigenvalue weighted by Gasteiger charge is 2.22. The second kappa shape index (κ2) is 6.05. The predicted molar refractivity (Wildman–Crippen MR) is 77.9 cm³/mol. The maximum absolute atomic E-state index is 12.1. The van der Waals surface area contributed by atoms with Crippen molar-refractivity contribution in [2.75, 3.05) is 11.4 Å². The summed E-state index contributed by atoms with van der Waals surface area (Å²) in [5.74, 6) is 0. The number of carbonyl (C=O) groups is 1. The van der Waals surface area contributed by atoms with Crippen LogP contribution in [-0.4, -0.2) is 18.2 Å². The molecular formula is C14H18BrNO2. The van der Waals surface area contributed by atoms with Crippen molar-refractivity contribution in [3.63, 3.8) is 0 Å². The molecule has 0 aliphatic heterocycles. The van der Waals surface area contributed by atoms with Crippen molar-refractivity contribution in [2.45, 2.75) is 26.4 Å². The average molecular weight is 312 g/mol. The van der Waals surface area contributed by atoms with Gasteiger partial charge in [0.15, 0.2) is 0 Å². The monoisotopic (exact) mass is 311 g/mol. The van der Waals surface area contributed by atoms with Crippen LogP contribution in [0, 0.1) is 0 Å². The summed E-state index contributed by atoms with van der Waals surface area (Å²) in [6, 6.07) is 7.51. The van der Waals surface area contributed by atoms with Crippen LogP contribution in [0.1, 0.15) is 20.8 Å². The molecule has 1 amide bonds. The minimum Gasteiger partial charge on any atom is -0.443 e. The zero-order valence-electron chi connectivity index (χ0n) is 10.9. The van der Waals surface area contributed by atoms with Crippen LogP contribution >= 0.6 is 15.9 Å². The molecule has 3 nitrogen and oxygen atoms in total. The number of hydrogen-bond donors (Lipinski definition) is 0. The van der Waals surface area contributed by atoms with Crippen LogP contribution in [0.2, 0.25) is 0 Å². The molecule has 1 aromatic rings. The smallest absolute Gasteiger partial charge is 0.415 e. The summed E-state index contributed by atoms with van der Waals surface area (Å²) in [5, 5.41) is 0. The lowest BCUT2D eigenvalue weighted by Crippen LogP contribution is -2.37. The summed E-state index contributed by atoms with van der Waals surface area (Å²) in [5.41, 5.74) is 0.265. The molecule has 0 saturated carbocycles. The molecule has 0 radical (unpaired) electrons. The lowest BCUT2D eigenvalue weighted by Gasteiger charge is -2.26. The molecule has 0 aliphatic carbocycles. The van der Waals surface area contributed by atoms with Crippen LogP contribution in [0.3, 0.4) is 0 Å². The first-order chi connectivity index (χ1) is 8.33. The molecule has 18 heavy (non-hydrogen) atoms. The van der Waals surface area contributed by atoms with Crippen molar-refractivity contribution in [1.82, 2.24) is 0 Å². The van der Waals surface area contributed by atoms with Gasteiger partial charge in [0.1, 0.15) is 5.60 Å². The third-order valence-corrected chi connectivity index (χ3v) is 2.54. The van der Waals surface area contributed by atoms with E-state index in [1.165, 1.54) is 0 Å². The van der Waals surface area contributed by atoms with Gasteiger partial charge in [-0.2, -0.15) is 0 Å². The zero-order valence-corrected chi connectivity index (χ0v) is 12.5. The van der Waals surface area contributed by atoms with E-state index in [0.29, 0.717) is 6.54 Å². The highest BCUT2D eigenvalue weighted by molar-refractivity contribution is 9.10. The van der Waals surface area contributed by atoms with Crippen molar-refractivity contribution < 1.29 is 9.53 Å². The number of amides is 1. The molecule has 0 fully saturated rings. The summed E-state index contributed by atoms with van der Waals surface area (Å²) in [6.45, 7) is 9.61. The first-order valence-electron chi connectivity index (χ1n) is 5.70. The fourth-order valence-electron chi connectivity index (χ4n) is 1.38. The maximum Gasteiger partial charge on any atom is 0.415 e. The largest absolute Gasteiger partial charge is 0.443 e. The minimum absolute atomic E-state index is 0.375. The van der Waals surface area contributed by atoms with Crippen LogP contribution in [0.4, 0.5) is 10.5 Å². The molecule has 4 heteroatoms. The molecule has 0 aromatic heterocycles. The number of carbonyl (C=O) groups excluding carboxylic acids is 1. The van der Waals surface area contributed by atoms with E-state index in [2.05, 4.69) is 22.5 Å². The standard InChI is InChI=1S/C14H18BrNO2/c1-5-9-16(13(17)18-14(2,3)4)12-8-6-7-11(15)10-12/h5-8,10H,1,9H2,2-4H3. The number of benzene rings is 1. The van der Waals surface area contributed by atoms with Gasteiger partial charge >= 0.3 is 6.09 Å². The zero-order chi connectivity index (χ0) is 13.8. The number of ether oxygens (including phenoxy) is 1. The first-order valence-corrected chi connectivity index (χ1v) is 6.50. The van der Waals surface area contributed by atoms with Crippen LogP contribution < -0.4 is 4.90 Å². The Morgan fingerprint density at radius 1 is 1.50 bits per heavy atom. The molecule has 0 saturated heterocycles. The van der Waals surface area contributed by atoms with E-state index in [0.717, 1.165) is 10.2 Å². The SMILES string of the molecule is C=CCN(C(=O)OC(C)(C)C)c1cccc(Br)c1. The van der Waals surface area contributed by atoms with Crippen molar-refractivity contribution in [1.29, 1.82) is 0 Å². The Hall–Kier alpha value is -1.29. The normalized spacial score (nSPS) is 10.9. The van der Waals surface area contributed by atoms with Crippen molar-refractivity contribution in [2.24, 2.45) is 0 Å². The van der Waals surface area contributed by atoms with E-state index in [-0.39, 0.29) is 6.09 Å². The van der Waals surface area contributed by atoms with E-state index in [9.17, 15) is 4.79 Å². The first kappa shape index (κ1) is 14.8. The van der Waals surface area contributed by atoms with Crippen molar-refractivity contribution in [3.8, 4) is 0 Å². The summed E-state index contributed by atoms with van der Waals surface area (Å²) < 4.78 is 6.29. The van der Waals surface area contributed by atoms with Gasteiger partial charge in [-0.3, -0.25) is 4.90 Å². The minimum atomic E-state index is -0.511. The molecular weight excluding hydrogens is 294 g/mol. The molecule has 0 aliphatic rings. The van der Waals surface area contributed by atoms with Gasteiger partial charge in [-0.1, -0.05) is 28.1 Å². The molecule has 0 N–H and O–H groups in total. The van der Waals surface area contributed by atoms with Gasteiger partial charge < -0.3 is 4.74 Å². The lowest BCUT2D eigenvalue weighted by atomic mass is 10.2. The van der Waals surface area contributed by atoms with Crippen LogP contribution in [-0.2, 0) is 4.74 Å². The molecule has 0 bridgehead atoms. The fourth-order valence-corrected chi connectivity index (χ4v) is 1.76. The number of anilines is 1. The topological polar surface area (TPSA) is 29.5 Å². The van der Waals surface area contributed by atoms with Crippen LogP contribution in [0.5, 0.6) is 0 Å². The summed E-state index contributed by atoms with van der Waals surface area (Å²) >= 11 is 3.39. The Balaban J connectivity index is 2.95. The van der Waals surface area contributed by atoms with E-state index >= 15 is 0 Å². The molecule has 98 valence electrons. The quantitative estimate of drug-likeness (QED) is 0.775. The highest BCUT2D eigenvalue weighted by Crippen LogP contribution is 2.22. The van der Waals surface area contributed by atoms with Gasteiger partial charge in [0.25, 0.3) is 0 Å². The van der Waals surface area contributed by atoms with Gasteiger partial charge in [0.2, 0.25) is 0 Å². The Morgan fingerprint density at radius 3 is 2.67 bits per heavy atom. The summed E-state index contributed by atoms with van der Waals surface area (Å²) in [7, 11) is 0. The Morgan fingerprint density at radius 2 is 2.17 bits per heavy atom. The summed E-state index contributed by atoms with van der Waals surface area (Å²) in [6.07, 6.45) is 1.30. The number of hydrogen-bond acceptors (Lipinski definition) is 2. The van der Waals surface area contributed by atoms with E-state index in [1.807, 2.05) is 45.0 Å². The number of nitrogens with zero attached hydrogens (tertiary/aromatic N) is 1. The molecule has 1 aromatic carbocycles. The van der Waals surface area contributed by atoms with E-state index < -0.39 is 5.60 Å². The third-order valence-electron chi connectivity index (χ3n) is 2.05. The van der Waals surface area contributed by atoms with Gasteiger partial charge in [0, 0.05) is 16.7 Å². The van der Waals surface area contributed by atoms with Crippen molar-refractivity contribution >= 4 is 27.7 Å². The van der Waals surface area contributed by atoms with Gasteiger partial charge in [-0.05, 0) is 39.0 Å². The fraction of sp³-hybridized carbons (Fsp3) is 0.357. The lowest BCUT2D eigenvalue weighted by molar-refractivity contribution is 0.0584. The summed E-state index contributed by atoms with van der Waals surface area (Å²) in [4.78, 5) is 13.6. The molecule has 0 atom stereocenters. The second-order valence-electron chi connectivity index (χ2n) is 4.86. The maximum atomic E-state index is 12.1. The number of rotatable bonds is 3. The van der Waals surface area contributed by atoms with Crippen LogP contribution in [0.15, 0.2) is 41.4 Å². The van der Waals surface area contributed by atoms with E-state index in [4.69, 9.17) is 4.74 Å². The average Bonchev–Trinajstić information content (AvgIpc) is 2.23. The third kappa shape index (κ3) is 4.53. The Bertz CT molecular complexity index is 438. The second-order valence-corrected chi connectivity index (χ2v) is 5.78. The van der Waals surface area contributed by atoms with E-state index in [1.54, 1.807) is 11.0 Å². The Labute approximate surface area is 117 Å². The van der Waals surface area contributed by atoms with Gasteiger partial charge in [-0.15, -0.1) is 6.58 Å². The van der Waals surface area contributed by atoms with Crippen molar-refractivity contribution in [3.05, 3.63) is 41.4 Å². The molecule has 0 heterocycles. The highest BCUT2D eigenvalue weighted by atomic mass is 79.9. The van der Waals surface area contributed by atoms with Crippen LogP contribution in [0.25, 0.3) is 0 Å².